The Morgan fingerprint density at radius 1 is 1.52 bits per heavy atom. The molecule has 0 fully saturated rings. The second-order valence-corrected chi connectivity index (χ2v) is 6.27. The minimum absolute atomic E-state index is 0.188. The molecule has 0 radical (unpaired) electrons. The van der Waals surface area contributed by atoms with Gasteiger partial charge in [0.1, 0.15) is 5.75 Å². The largest absolute Gasteiger partial charge is 0.508 e. The number of ether oxygens (including phenoxy) is 1. The second kappa shape index (κ2) is 5.92. The van der Waals surface area contributed by atoms with E-state index in [1.54, 1.807) is 6.07 Å². The fraction of sp³-hybridized carbons (Fsp3) is 0.500. The van der Waals surface area contributed by atoms with Gasteiger partial charge in [-0.05, 0) is 60.8 Å². The van der Waals surface area contributed by atoms with Crippen LogP contribution in [0.4, 0.5) is 0 Å². The van der Waals surface area contributed by atoms with Crippen molar-refractivity contribution in [3.8, 4) is 5.75 Å². The molecule has 3 heteroatoms. The lowest BCUT2D eigenvalue weighted by atomic mass is 9.60. The summed E-state index contributed by atoms with van der Waals surface area (Å²) in [5.41, 5.74) is 3.35. The summed E-state index contributed by atoms with van der Waals surface area (Å²) in [6, 6.07) is 5.58. The van der Waals surface area contributed by atoms with Gasteiger partial charge in [0, 0.05) is 6.42 Å². The van der Waals surface area contributed by atoms with Crippen molar-refractivity contribution < 1.29 is 14.6 Å². The molecule has 2 rings (SSSR count). The third kappa shape index (κ3) is 2.97. The number of carbonyl (C=O) groups excluding carboxylic acids is 1. The van der Waals surface area contributed by atoms with E-state index < -0.39 is 0 Å². The Labute approximate surface area is 126 Å². The Morgan fingerprint density at radius 2 is 2.24 bits per heavy atom. The van der Waals surface area contributed by atoms with Gasteiger partial charge in [0.25, 0.3) is 0 Å². The van der Waals surface area contributed by atoms with E-state index in [-0.39, 0.29) is 17.1 Å². The van der Waals surface area contributed by atoms with E-state index in [0.29, 0.717) is 18.8 Å². The summed E-state index contributed by atoms with van der Waals surface area (Å²) in [4.78, 5) is 11.6. The van der Waals surface area contributed by atoms with E-state index in [1.807, 2.05) is 12.1 Å². The van der Waals surface area contributed by atoms with Crippen LogP contribution in [0.5, 0.6) is 5.75 Å². The van der Waals surface area contributed by atoms with E-state index >= 15 is 0 Å². The highest BCUT2D eigenvalue weighted by atomic mass is 16.5. The number of carbonyl (C=O) groups is 1. The first kappa shape index (κ1) is 15.6. The fourth-order valence-electron chi connectivity index (χ4n) is 3.68. The van der Waals surface area contributed by atoms with Crippen LogP contribution in [0, 0.1) is 5.92 Å². The maximum absolute atomic E-state index is 11.6. The van der Waals surface area contributed by atoms with E-state index in [2.05, 4.69) is 20.4 Å². The zero-order valence-electron chi connectivity index (χ0n) is 13.1. The topological polar surface area (TPSA) is 46.5 Å². The van der Waals surface area contributed by atoms with Gasteiger partial charge in [-0.2, -0.15) is 0 Å². The SMILES string of the molecule is C=C(C)[C@@H]1CCc2ccc(O)cc2[C@@]1(C)CCC(=O)OC. The summed E-state index contributed by atoms with van der Waals surface area (Å²) in [6.45, 7) is 8.36. The van der Waals surface area contributed by atoms with Gasteiger partial charge in [-0.3, -0.25) is 4.79 Å². The molecule has 1 N–H and O–H groups in total. The van der Waals surface area contributed by atoms with Crippen LogP contribution in [0.2, 0.25) is 0 Å². The van der Waals surface area contributed by atoms with Gasteiger partial charge in [0.05, 0.1) is 7.11 Å². The third-order valence-corrected chi connectivity index (χ3v) is 4.85. The van der Waals surface area contributed by atoms with E-state index in [9.17, 15) is 9.90 Å². The number of hydrogen-bond donors (Lipinski definition) is 1. The van der Waals surface area contributed by atoms with Crippen molar-refractivity contribution in [1.29, 1.82) is 0 Å². The lowest BCUT2D eigenvalue weighted by Crippen LogP contribution is -2.38. The van der Waals surface area contributed by atoms with Gasteiger partial charge >= 0.3 is 5.97 Å². The van der Waals surface area contributed by atoms with E-state index in [4.69, 9.17) is 4.74 Å². The molecule has 2 atom stereocenters. The fourth-order valence-corrected chi connectivity index (χ4v) is 3.68. The summed E-state index contributed by atoms with van der Waals surface area (Å²) < 4.78 is 4.78. The van der Waals surface area contributed by atoms with Crippen molar-refractivity contribution in [3.63, 3.8) is 0 Å². The Hall–Kier alpha value is -1.77. The first-order valence-corrected chi connectivity index (χ1v) is 7.43. The van der Waals surface area contributed by atoms with Crippen LogP contribution < -0.4 is 0 Å². The maximum atomic E-state index is 11.6. The van der Waals surface area contributed by atoms with Crippen molar-refractivity contribution in [2.45, 2.75) is 44.9 Å². The van der Waals surface area contributed by atoms with Gasteiger partial charge < -0.3 is 9.84 Å². The second-order valence-electron chi connectivity index (χ2n) is 6.27. The minimum atomic E-state index is -0.191. The zero-order valence-corrected chi connectivity index (χ0v) is 13.1. The highest BCUT2D eigenvalue weighted by molar-refractivity contribution is 5.69. The van der Waals surface area contributed by atoms with Crippen LogP contribution >= 0.6 is 0 Å². The van der Waals surface area contributed by atoms with Crippen molar-refractivity contribution in [2.24, 2.45) is 5.92 Å². The number of aromatic hydroxyl groups is 1. The average molecular weight is 288 g/mol. The molecule has 0 heterocycles. The number of esters is 1. The highest BCUT2D eigenvalue weighted by Gasteiger charge is 2.41. The maximum Gasteiger partial charge on any atom is 0.305 e. The summed E-state index contributed by atoms with van der Waals surface area (Å²) in [5.74, 6) is 0.404. The first-order chi connectivity index (χ1) is 9.88. The molecule has 0 unspecified atom stereocenters. The number of aryl methyl sites for hydroxylation is 1. The molecule has 0 saturated heterocycles. The molecule has 114 valence electrons. The van der Waals surface area contributed by atoms with E-state index in [0.717, 1.165) is 24.0 Å². The monoisotopic (exact) mass is 288 g/mol. The lowest BCUT2D eigenvalue weighted by Gasteiger charge is -2.44. The molecule has 0 aliphatic heterocycles. The number of fused-ring (bicyclic) bond motifs is 1. The molecule has 1 aliphatic rings. The molecular weight excluding hydrogens is 264 g/mol. The van der Waals surface area contributed by atoms with Gasteiger partial charge in [-0.25, -0.2) is 0 Å². The normalized spacial score (nSPS) is 24.2. The van der Waals surface area contributed by atoms with E-state index in [1.165, 1.54) is 12.7 Å². The van der Waals surface area contributed by atoms with Crippen molar-refractivity contribution in [1.82, 2.24) is 0 Å². The molecule has 0 bridgehead atoms. The van der Waals surface area contributed by atoms with Crippen LogP contribution in [-0.2, 0) is 21.4 Å². The standard InChI is InChI=1S/C18H24O3/c1-12(2)15-8-6-13-5-7-14(19)11-16(13)18(15,3)10-9-17(20)21-4/h5,7,11,15,19H,1,6,8-10H2,2-4H3/t15-,18-/m0/s1. The predicted molar refractivity (Wildman–Crippen MR) is 83.3 cm³/mol. The lowest BCUT2D eigenvalue weighted by molar-refractivity contribution is -0.141. The summed E-state index contributed by atoms with van der Waals surface area (Å²) in [6.07, 6.45) is 3.10. The summed E-state index contributed by atoms with van der Waals surface area (Å²) >= 11 is 0. The number of hydrogen-bond acceptors (Lipinski definition) is 3. The number of rotatable bonds is 4. The minimum Gasteiger partial charge on any atom is -0.508 e. The highest BCUT2D eigenvalue weighted by Crippen LogP contribution is 2.48. The van der Waals surface area contributed by atoms with Crippen molar-refractivity contribution in [2.75, 3.05) is 7.11 Å². The number of phenolic OH excluding ortho intramolecular Hbond substituents is 1. The number of allylic oxidation sites excluding steroid dienone is 1. The molecule has 0 aromatic heterocycles. The molecule has 0 amide bonds. The number of methoxy groups -OCH3 is 1. The van der Waals surface area contributed by atoms with Crippen LogP contribution in [-0.4, -0.2) is 18.2 Å². The van der Waals surface area contributed by atoms with Gasteiger partial charge in [-0.1, -0.05) is 25.1 Å². The van der Waals surface area contributed by atoms with Gasteiger partial charge in [0.2, 0.25) is 0 Å². The Balaban J connectivity index is 2.42. The predicted octanol–water partition coefficient (Wildman–Crippen LogP) is 3.74. The molecule has 0 spiro atoms. The first-order valence-electron chi connectivity index (χ1n) is 7.43. The van der Waals surface area contributed by atoms with Crippen molar-refractivity contribution in [3.05, 3.63) is 41.5 Å². The van der Waals surface area contributed by atoms with Crippen LogP contribution in [0.25, 0.3) is 0 Å². The van der Waals surface area contributed by atoms with Crippen LogP contribution in [0.15, 0.2) is 30.4 Å². The third-order valence-electron chi connectivity index (χ3n) is 4.85. The van der Waals surface area contributed by atoms with Crippen molar-refractivity contribution >= 4 is 5.97 Å². The van der Waals surface area contributed by atoms with Gasteiger partial charge in [-0.15, -0.1) is 0 Å². The summed E-state index contributed by atoms with van der Waals surface area (Å²) in [5, 5.41) is 9.85. The zero-order chi connectivity index (χ0) is 15.6. The Kier molecular flexibility index (Phi) is 4.40. The molecule has 0 saturated carbocycles. The smallest absolute Gasteiger partial charge is 0.305 e. The Bertz CT molecular complexity index is 562. The quantitative estimate of drug-likeness (QED) is 0.678. The molecular formula is C18H24O3. The molecule has 1 aromatic carbocycles. The number of phenols is 1. The molecule has 1 aliphatic carbocycles. The Morgan fingerprint density at radius 3 is 2.86 bits per heavy atom. The molecule has 21 heavy (non-hydrogen) atoms. The number of benzene rings is 1. The van der Waals surface area contributed by atoms with Crippen LogP contribution in [0.3, 0.4) is 0 Å². The van der Waals surface area contributed by atoms with Crippen LogP contribution in [0.1, 0.15) is 44.2 Å². The molecule has 3 nitrogen and oxygen atoms in total. The van der Waals surface area contributed by atoms with Gasteiger partial charge in [0.15, 0.2) is 0 Å². The molecule has 1 aromatic rings. The summed E-state index contributed by atoms with van der Waals surface area (Å²) in [7, 11) is 1.42. The average Bonchev–Trinajstić information content (AvgIpc) is 2.45.